The third kappa shape index (κ3) is 5.23. The first-order chi connectivity index (χ1) is 12.7. The number of halogens is 1. The SMILES string of the molecule is CC(=O)c1c(C)[nH]c(C(=O)[C@@H](C)OC(=O)CSCc2ccccc2Cl)c1C. The molecule has 2 aromatic rings. The number of hydrogen-bond acceptors (Lipinski definition) is 5. The van der Waals surface area contributed by atoms with Gasteiger partial charge in [-0.05, 0) is 44.9 Å². The van der Waals surface area contributed by atoms with Crippen molar-refractivity contribution < 1.29 is 19.1 Å². The van der Waals surface area contributed by atoms with Gasteiger partial charge in [0.25, 0.3) is 0 Å². The van der Waals surface area contributed by atoms with Crippen LogP contribution in [0.4, 0.5) is 0 Å². The Morgan fingerprint density at radius 2 is 1.89 bits per heavy atom. The van der Waals surface area contributed by atoms with Gasteiger partial charge in [0, 0.05) is 22.0 Å². The van der Waals surface area contributed by atoms with Gasteiger partial charge in [0.05, 0.1) is 11.4 Å². The molecule has 0 radical (unpaired) electrons. The summed E-state index contributed by atoms with van der Waals surface area (Å²) in [5.41, 5.74) is 2.97. The number of aromatic amines is 1. The molecule has 0 amide bonds. The number of hydrogen-bond donors (Lipinski definition) is 1. The zero-order chi connectivity index (χ0) is 20.1. The van der Waals surface area contributed by atoms with Gasteiger partial charge in [0.15, 0.2) is 11.9 Å². The number of carbonyl (C=O) groups excluding carboxylic acids is 3. The molecular formula is C20H22ClNO4S. The summed E-state index contributed by atoms with van der Waals surface area (Å²) < 4.78 is 5.25. The largest absolute Gasteiger partial charge is 0.454 e. The molecule has 0 bridgehead atoms. The Morgan fingerprint density at radius 1 is 1.22 bits per heavy atom. The van der Waals surface area contributed by atoms with E-state index in [0.29, 0.717) is 33.3 Å². The zero-order valence-electron chi connectivity index (χ0n) is 15.7. The van der Waals surface area contributed by atoms with Crippen LogP contribution in [-0.4, -0.2) is 34.4 Å². The number of H-pyrrole nitrogens is 1. The molecule has 1 N–H and O–H groups in total. The van der Waals surface area contributed by atoms with E-state index < -0.39 is 12.1 Å². The molecule has 7 heteroatoms. The average Bonchev–Trinajstić information content (AvgIpc) is 2.90. The van der Waals surface area contributed by atoms with Gasteiger partial charge in [0.2, 0.25) is 5.78 Å². The molecule has 27 heavy (non-hydrogen) atoms. The highest BCUT2D eigenvalue weighted by atomic mass is 35.5. The number of aromatic nitrogens is 1. The Bertz CT molecular complexity index is 875. The number of ether oxygens (including phenoxy) is 1. The van der Waals surface area contributed by atoms with Crippen molar-refractivity contribution in [3.05, 3.63) is 57.4 Å². The Balaban J connectivity index is 1.92. The second-order valence-corrected chi connectivity index (χ2v) is 7.65. The van der Waals surface area contributed by atoms with E-state index in [9.17, 15) is 14.4 Å². The molecular weight excluding hydrogens is 386 g/mol. The van der Waals surface area contributed by atoms with Crippen LogP contribution in [0.1, 0.15) is 51.5 Å². The number of nitrogens with one attached hydrogen (secondary N) is 1. The summed E-state index contributed by atoms with van der Waals surface area (Å²) in [5, 5.41) is 0.653. The maximum atomic E-state index is 12.6. The number of esters is 1. The number of ketones is 2. The summed E-state index contributed by atoms with van der Waals surface area (Å²) >= 11 is 7.45. The number of aryl methyl sites for hydroxylation is 1. The van der Waals surface area contributed by atoms with Crippen LogP contribution in [0.15, 0.2) is 24.3 Å². The standard InChI is InChI=1S/C20H22ClNO4S/c1-11-18(13(3)23)12(2)22-19(11)20(25)14(4)26-17(24)10-27-9-15-7-5-6-8-16(15)21/h5-8,14,22H,9-10H2,1-4H3/t14-/m1/s1. The molecule has 1 atom stereocenters. The maximum Gasteiger partial charge on any atom is 0.316 e. The lowest BCUT2D eigenvalue weighted by atomic mass is 10.0. The first-order valence-electron chi connectivity index (χ1n) is 8.47. The van der Waals surface area contributed by atoms with E-state index >= 15 is 0 Å². The minimum atomic E-state index is -0.935. The van der Waals surface area contributed by atoms with Gasteiger partial charge in [-0.15, -0.1) is 11.8 Å². The minimum Gasteiger partial charge on any atom is -0.454 e. The monoisotopic (exact) mass is 407 g/mol. The van der Waals surface area contributed by atoms with Crippen LogP contribution in [0.25, 0.3) is 0 Å². The quantitative estimate of drug-likeness (QED) is 0.513. The summed E-state index contributed by atoms with van der Waals surface area (Å²) in [6.45, 7) is 6.43. The van der Waals surface area contributed by atoms with Gasteiger partial charge in [-0.3, -0.25) is 14.4 Å². The molecule has 0 aliphatic heterocycles. The van der Waals surface area contributed by atoms with Gasteiger partial charge in [-0.25, -0.2) is 0 Å². The number of carbonyl (C=O) groups is 3. The van der Waals surface area contributed by atoms with Gasteiger partial charge in [0.1, 0.15) is 0 Å². The fourth-order valence-electron chi connectivity index (χ4n) is 2.87. The average molecular weight is 408 g/mol. The maximum absolute atomic E-state index is 12.6. The second-order valence-electron chi connectivity index (χ2n) is 6.26. The predicted molar refractivity (Wildman–Crippen MR) is 108 cm³/mol. The molecule has 1 heterocycles. The third-order valence-corrected chi connectivity index (χ3v) is 5.47. The predicted octanol–water partition coefficient (Wildman–Crippen LogP) is 4.54. The number of benzene rings is 1. The second kappa shape index (κ2) is 9.24. The molecule has 0 saturated heterocycles. The Labute approximate surface area is 167 Å². The van der Waals surface area contributed by atoms with E-state index in [2.05, 4.69) is 4.98 Å². The molecule has 0 aliphatic carbocycles. The first kappa shape index (κ1) is 21.3. The van der Waals surface area contributed by atoms with Crippen LogP contribution in [0.3, 0.4) is 0 Å². The van der Waals surface area contributed by atoms with Crippen molar-refractivity contribution in [2.75, 3.05) is 5.75 Å². The van der Waals surface area contributed by atoms with Crippen molar-refractivity contribution in [2.45, 2.75) is 39.6 Å². The minimum absolute atomic E-state index is 0.110. The summed E-state index contributed by atoms with van der Waals surface area (Å²) in [7, 11) is 0. The summed E-state index contributed by atoms with van der Waals surface area (Å²) in [6, 6.07) is 7.43. The van der Waals surface area contributed by atoms with E-state index in [-0.39, 0.29) is 17.3 Å². The highest BCUT2D eigenvalue weighted by molar-refractivity contribution is 7.99. The van der Waals surface area contributed by atoms with Crippen LogP contribution < -0.4 is 0 Å². The molecule has 0 saturated carbocycles. The van der Waals surface area contributed by atoms with Gasteiger partial charge >= 0.3 is 5.97 Å². The summed E-state index contributed by atoms with van der Waals surface area (Å²) in [4.78, 5) is 39.3. The molecule has 1 aromatic heterocycles. The van der Waals surface area contributed by atoms with Crippen molar-refractivity contribution >= 4 is 40.9 Å². The van der Waals surface area contributed by atoms with E-state index in [0.717, 1.165) is 5.56 Å². The van der Waals surface area contributed by atoms with Crippen molar-refractivity contribution in [1.29, 1.82) is 0 Å². The third-order valence-electron chi connectivity index (χ3n) is 4.15. The normalized spacial score (nSPS) is 11.9. The molecule has 2 rings (SSSR count). The highest BCUT2D eigenvalue weighted by Crippen LogP contribution is 2.22. The van der Waals surface area contributed by atoms with Crippen LogP contribution in [0.2, 0.25) is 5.02 Å². The van der Waals surface area contributed by atoms with E-state index in [1.807, 2.05) is 18.2 Å². The highest BCUT2D eigenvalue weighted by Gasteiger charge is 2.25. The molecule has 144 valence electrons. The van der Waals surface area contributed by atoms with Crippen molar-refractivity contribution in [3.8, 4) is 0 Å². The lowest BCUT2D eigenvalue weighted by Crippen LogP contribution is -2.26. The van der Waals surface area contributed by atoms with Crippen molar-refractivity contribution in [1.82, 2.24) is 4.98 Å². The topological polar surface area (TPSA) is 76.2 Å². The zero-order valence-corrected chi connectivity index (χ0v) is 17.3. The molecule has 0 spiro atoms. The van der Waals surface area contributed by atoms with Crippen LogP contribution in [-0.2, 0) is 15.3 Å². The van der Waals surface area contributed by atoms with Crippen LogP contribution in [0.5, 0.6) is 0 Å². The van der Waals surface area contributed by atoms with Crippen LogP contribution in [0, 0.1) is 13.8 Å². The Kier molecular flexibility index (Phi) is 7.27. The number of rotatable bonds is 8. The van der Waals surface area contributed by atoms with E-state index in [4.69, 9.17) is 16.3 Å². The molecule has 5 nitrogen and oxygen atoms in total. The lowest BCUT2D eigenvalue weighted by molar-refractivity contribution is -0.143. The van der Waals surface area contributed by atoms with Gasteiger partial charge in [-0.2, -0.15) is 0 Å². The molecule has 0 fully saturated rings. The molecule has 1 aromatic carbocycles. The fraction of sp³-hybridized carbons (Fsp3) is 0.350. The number of thioether (sulfide) groups is 1. The van der Waals surface area contributed by atoms with Crippen LogP contribution >= 0.6 is 23.4 Å². The van der Waals surface area contributed by atoms with E-state index in [1.165, 1.54) is 25.6 Å². The Hall–Kier alpha value is -2.05. The smallest absolute Gasteiger partial charge is 0.316 e. The lowest BCUT2D eigenvalue weighted by Gasteiger charge is -2.12. The van der Waals surface area contributed by atoms with Crippen molar-refractivity contribution in [3.63, 3.8) is 0 Å². The number of Topliss-reactive ketones (excluding diaryl/α,β-unsaturated/α-hetero) is 2. The van der Waals surface area contributed by atoms with Gasteiger partial charge < -0.3 is 9.72 Å². The van der Waals surface area contributed by atoms with Gasteiger partial charge in [-0.1, -0.05) is 29.8 Å². The Morgan fingerprint density at radius 3 is 2.48 bits per heavy atom. The van der Waals surface area contributed by atoms with E-state index in [1.54, 1.807) is 19.9 Å². The summed E-state index contributed by atoms with van der Waals surface area (Å²) in [5.74, 6) is -0.243. The fourth-order valence-corrected chi connectivity index (χ4v) is 3.96. The molecule has 0 aliphatic rings. The molecule has 0 unspecified atom stereocenters. The van der Waals surface area contributed by atoms with Crippen molar-refractivity contribution in [2.24, 2.45) is 0 Å². The first-order valence-corrected chi connectivity index (χ1v) is 10.0. The summed E-state index contributed by atoms with van der Waals surface area (Å²) in [6.07, 6.45) is -0.935.